The zero-order valence-corrected chi connectivity index (χ0v) is 8.32. The fraction of sp³-hybridized carbons (Fsp3) is 1.00. The van der Waals surface area contributed by atoms with E-state index < -0.39 is 0 Å². The molecule has 1 rings (SSSR count). The highest BCUT2D eigenvalue weighted by molar-refractivity contribution is 7.80. The van der Waals surface area contributed by atoms with Crippen LogP contribution in [0.2, 0.25) is 0 Å². The smallest absolute Gasteiger partial charge is 0.00170 e. The van der Waals surface area contributed by atoms with Crippen LogP contribution in [0.15, 0.2) is 0 Å². The zero-order chi connectivity index (χ0) is 7.98. The van der Waals surface area contributed by atoms with E-state index in [1.165, 1.54) is 25.7 Å². The first kappa shape index (κ1) is 10.3. The van der Waals surface area contributed by atoms with Gasteiger partial charge in [0.25, 0.3) is 0 Å². The van der Waals surface area contributed by atoms with Crippen LogP contribution in [-0.4, -0.2) is 5.25 Å². The normalized spacial score (nSPS) is 32.4. The summed E-state index contributed by atoms with van der Waals surface area (Å²) in [7, 11) is 0. The van der Waals surface area contributed by atoms with Crippen LogP contribution in [0.25, 0.3) is 0 Å². The third-order valence-corrected chi connectivity index (χ3v) is 2.50. The molecule has 0 heterocycles. The van der Waals surface area contributed by atoms with E-state index in [0.717, 1.165) is 5.92 Å². The molecule has 0 spiro atoms. The lowest BCUT2D eigenvalue weighted by Crippen LogP contribution is -2.11. The lowest BCUT2D eigenvalue weighted by Gasteiger charge is -2.21. The minimum atomic E-state index is 0.714. The predicted molar refractivity (Wildman–Crippen MR) is 51.8 cm³/mol. The van der Waals surface area contributed by atoms with Crippen molar-refractivity contribution >= 4 is 12.6 Å². The molecule has 0 aliphatic heterocycles. The van der Waals surface area contributed by atoms with Crippen LogP contribution in [0.1, 0.15) is 46.5 Å². The lowest BCUT2D eigenvalue weighted by atomic mass is 9.91. The summed E-state index contributed by atoms with van der Waals surface area (Å²) in [5.41, 5.74) is 0. The van der Waals surface area contributed by atoms with E-state index in [-0.39, 0.29) is 0 Å². The molecule has 0 N–H and O–H groups in total. The summed E-state index contributed by atoms with van der Waals surface area (Å²) in [6.07, 6.45) is 5.47. The van der Waals surface area contributed by atoms with Gasteiger partial charge in [0.15, 0.2) is 0 Å². The van der Waals surface area contributed by atoms with Crippen molar-refractivity contribution in [2.75, 3.05) is 0 Å². The van der Waals surface area contributed by atoms with Gasteiger partial charge in [-0.2, -0.15) is 12.6 Å². The van der Waals surface area contributed by atoms with Gasteiger partial charge in [0, 0.05) is 5.25 Å². The maximum atomic E-state index is 4.40. The van der Waals surface area contributed by atoms with Crippen LogP contribution >= 0.6 is 12.6 Å². The van der Waals surface area contributed by atoms with Crippen molar-refractivity contribution in [3.05, 3.63) is 0 Å². The lowest BCUT2D eigenvalue weighted by molar-refractivity contribution is 0.394. The van der Waals surface area contributed by atoms with Crippen LogP contribution < -0.4 is 0 Å². The van der Waals surface area contributed by atoms with E-state index in [9.17, 15) is 0 Å². The average molecular weight is 160 g/mol. The van der Waals surface area contributed by atoms with Crippen molar-refractivity contribution in [1.82, 2.24) is 0 Å². The molecule has 0 saturated heterocycles. The number of rotatable bonds is 0. The maximum absolute atomic E-state index is 4.40. The molecule has 1 aliphatic carbocycles. The molecule has 0 unspecified atom stereocenters. The molecule has 0 radical (unpaired) electrons. The fourth-order valence-electron chi connectivity index (χ4n) is 1.24. The summed E-state index contributed by atoms with van der Waals surface area (Å²) in [4.78, 5) is 0. The maximum Gasteiger partial charge on any atom is 0.00170 e. The molecule has 62 valence electrons. The van der Waals surface area contributed by atoms with E-state index in [1.807, 2.05) is 13.8 Å². The van der Waals surface area contributed by atoms with Crippen molar-refractivity contribution in [2.24, 2.45) is 5.92 Å². The van der Waals surface area contributed by atoms with E-state index in [0.29, 0.717) is 5.25 Å². The summed E-state index contributed by atoms with van der Waals surface area (Å²) < 4.78 is 0. The number of hydrogen-bond donors (Lipinski definition) is 1. The molecule has 1 aliphatic rings. The Morgan fingerprint density at radius 1 is 1.00 bits per heavy atom. The molecule has 10 heavy (non-hydrogen) atoms. The predicted octanol–water partition coefficient (Wildman–Crippen LogP) is 3.52. The molecule has 0 atom stereocenters. The monoisotopic (exact) mass is 160 g/mol. The molecular formula is C9H20S. The van der Waals surface area contributed by atoms with Gasteiger partial charge in [-0.1, -0.05) is 20.8 Å². The quantitative estimate of drug-likeness (QED) is 0.515. The topological polar surface area (TPSA) is 0 Å². The second-order valence-corrected chi connectivity index (χ2v) is 3.64. The molecule has 1 saturated carbocycles. The van der Waals surface area contributed by atoms with Crippen LogP contribution in [0, 0.1) is 5.92 Å². The van der Waals surface area contributed by atoms with Gasteiger partial charge in [-0.05, 0) is 31.6 Å². The number of thiol groups is 1. The highest BCUT2D eigenvalue weighted by Gasteiger charge is 2.13. The van der Waals surface area contributed by atoms with Crippen molar-refractivity contribution in [3.8, 4) is 0 Å². The Morgan fingerprint density at radius 3 is 1.70 bits per heavy atom. The Hall–Kier alpha value is 0.350. The highest BCUT2D eigenvalue weighted by Crippen LogP contribution is 2.26. The minimum Gasteiger partial charge on any atom is -0.176 e. The van der Waals surface area contributed by atoms with Gasteiger partial charge in [0.05, 0.1) is 0 Å². The Labute approximate surface area is 70.8 Å². The highest BCUT2D eigenvalue weighted by atomic mass is 32.1. The van der Waals surface area contributed by atoms with Gasteiger partial charge < -0.3 is 0 Å². The van der Waals surface area contributed by atoms with E-state index in [1.54, 1.807) is 0 Å². The third kappa shape index (κ3) is 4.21. The van der Waals surface area contributed by atoms with Gasteiger partial charge in [-0.3, -0.25) is 0 Å². The Morgan fingerprint density at radius 2 is 1.40 bits per heavy atom. The second kappa shape index (κ2) is 6.09. The molecular weight excluding hydrogens is 140 g/mol. The zero-order valence-electron chi connectivity index (χ0n) is 7.43. The summed E-state index contributed by atoms with van der Waals surface area (Å²) in [5, 5.41) is 0.714. The molecule has 0 aromatic heterocycles. The Balaban J connectivity index is 0.000000371. The van der Waals surface area contributed by atoms with Gasteiger partial charge in [-0.25, -0.2) is 0 Å². The summed E-state index contributed by atoms with van der Waals surface area (Å²) >= 11 is 4.40. The first-order valence-corrected chi connectivity index (χ1v) is 4.98. The molecule has 0 bridgehead atoms. The Kier molecular flexibility index (Phi) is 6.30. The van der Waals surface area contributed by atoms with E-state index in [4.69, 9.17) is 0 Å². The molecule has 1 heteroatoms. The van der Waals surface area contributed by atoms with Gasteiger partial charge in [0.2, 0.25) is 0 Å². The van der Waals surface area contributed by atoms with Crippen molar-refractivity contribution < 1.29 is 0 Å². The molecule has 0 nitrogen and oxygen atoms in total. The van der Waals surface area contributed by atoms with Gasteiger partial charge in [0.1, 0.15) is 0 Å². The molecule has 1 fully saturated rings. The molecule has 0 amide bonds. The minimum absolute atomic E-state index is 0.714. The van der Waals surface area contributed by atoms with Crippen LogP contribution in [-0.2, 0) is 0 Å². The third-order valence-electron chi connectivity index (χ3n) is 1.99. The largest absolute Gasteiger partial charge is 0.176 e. The average Bonchev–Trinajstić information content (AvgIpc) is 2.00. The van der Waals surface area contributed by atoms with Crippen molar-refractivity contribution in [1.29, 1.82) is 0 Å². The molecule has 0 aromatic carbocycles. The van der Waals surface area contributed by atoms with Crippen LogP contribution in [0.3, 0.4) is 0 Å². The van der Waals surface area contributed by atoms with E-state index in [2.05, 4.69) is 19.6 Å². The van der Waals surface area contributed by atoms with E-state index >= 15 is 0 Å². The van der Waals surface area contributed by atoms with Crippen LogP contribution in [0.4, 0.5) is 0 Å². The second-order valence-electron chi connectivity index (χ2n) is 2.91. The first-order valence-electron chi connectivity index (χ1n) is 4.47. The fourth-order valence-corrected chi connectivity index (χ4v) is 1.54. The SMILES string of the molecule is CC.CC1CCC(S)CC1. The standard InChI is InChI=1S/C7H14S.C2H6/c1-6-2-4-7(8)5-3-6;1-2/h6-8H,2-5H2,1H3;1-2H3. The molecule has 0 aromatic rings. The summed E-state index contributed by atoms with van der Waals surface area (Å²) in [6.45, 7) is 6.33. The summed E-state index contributed by atoms with van der Waals surface area (Å²) in [6, 6.07) is 0. The van der Waals surface area contributed by atoms with Gasteiger partial charge >= 0.3 is 0 Å². The number of hydrogen-bond acceptors (Lipinski definition) is 1. The van der Waals surface area contributed by atoms with Crippen LogP contribution in [0.5, 0.6) is 0 Å². The van der Waals surface area contributed by atoms with Crippen molar-refractivity contribution in [2.45, 2.75) is 51.7 Å². The Bertz CT molecular complexity index is 53.1. The van der Waals surface area contributed by atoms with Crippen molar-refractivity contribution in [3.63, 3.8) is 0 Å². The van der Waals surface area contributed by atoms with Gasteiger partial charge in [-0.15, -0.1) is 0 Å². The summed E-state index contributed by atoms with van der Waals surface area (Å²) in [5.74, 6) is 0.971. The first-order chi connectivity index (χ1) is 4.79.